The number of carbonyl (C=O) groups excluding carboxylic acids is 1. The second-order valence-electron chi connectivity index (χ2n) is 6.18. The first kappa shape index (κ1) is 20.1. The minimum atomic E-state index is -3.86. The Hall–Kier alpha value is -1.61. The normalized spacial score (nSPS) is 19.0. The van der Waals surface area contributed by atoms with Crippen molar-refractivity contribution >= 4 is 54.5 Å². The molecule has 3 rings (SSSR count). The van der Waals surface area contributed by atoms with Gasteiger partial charge in [0.15, 0.2) is 19.7 Å². The minimum absolute atomic E-state index is 0.0548. The first-order chi connectivity index (χ1) is 12.6. The van der Waals surface area contributed by atoms with E-state index < -0.39 is 36.6 Å². The Morgan fingerprint density at radius 1 is 1.11 bits per heavy atom. The molecule has 0 radical (unpaired) electrons. The molecule has 1 saturated heterocycles. The van der Waals surface area contributed by atoms with Gasteiger partial charge < -0.3 is 5.32 Å². The van der Waals surface area contributed by atoms with Gasteiger partial charge >= 0.3 is 0 Å². The first-order valence-corrected chi connectivity index (χ1v) is 12.0. The van der Waals surface area contributed by atoms with Gasteiger partial charge in [-0.05, 0) is 42.8 Å². The van der Waals surface area contributed by atoms with Crippen molar-refractivity contribution in [1.82, 2.24) is 0 Å². The van der Waals surface area contributed by atoms with Gasteiger partial charge in [0.05, 0.1) is 32.4 Å². The Balaban J connectivity index is 1.87. The SMILES string of the molecule is O=C(Nc1cc(Cl)ccc1Cl)c1cccc(S(=O)(=O)C2CCS(=O)(=O)C2)c1. The Bertz CT molecular complexity index is 1110. The van der Waals surface area contributed by atoms with Crippen LogP contribution in [0.1, 0.15) is 16.8 Å². The summed E-state index contributed by atoms with van der Waals surface area (Å²) in [5.74, 6) is -1.11. The van der Waals surface area contributed by atoms with Crippen LogP contribution in [0.25, 0.3) is 0 Å². The van der Waals surface area contributed by atoms with Crippen molar-refractivity contribution in [1.29, 1.82) is 0 Å². The van der Waals surface area contributed by atoms with Crippen LogP contribution in [0.5, 0.6) is 0 Å². The summed E-state index contributed by atoms with van der Waals surface area (Å²) in [5, 5.41) is 2.25. The van der Waals surface area contributed by atoms with Gasteiger partial charge in [0.25, 0.3) is 5.91 Å². The molecule has 10 heteroatoms. The summed E-state index contributed by atoms with van der Waals surface area (Å²) < 4.78 is 48.6. The van der Waals surface area contributed by atoms with E-state index in [9.17, 15) is 21.6 Å². The van der Waals surface area contributed by atoms with E-state index in [-0.39, 0.29) is 27.7 Å². The van der Waals surface area contributed by atoms with Crippen molar-refractivity contribution in [2.45, 2.75) is 16.6 Å². The molecule has 0 bridgehead atoms. The van der Waals surface area contributed by atoms with E-state index in [1.165, 1.54) is 36.4 Å². The summed E-state index contributed by atoms with van der Waals surface area (Å²) in [6.07, 6.45) is 0.0548. The number of nitrogens with one attached hydrogen (secondary N) is 1. The molecule has 1 amide bonds. The summed E-state index contributed by atoms with van der Waals surface area (Å²) in [5.41, 5.74) is 0.400. The van der Waals surface area contributed by atoms with Crippen LogP contribution in [0.4, 0.5) is 5.69 Å². The zero-order valence-electron chi connectivity index (χ0n) is 13.9. The van der Waals surface area contributed by atoms with E-state index in [0.29, 0.717) is 10.7 Å². The number of amides is 1. The quantitative estimate of drug-likeness (QED) is 0.775. The lowest BCUT2D eigenvalue weighted by Gasteiger charge is -2.12. The number of benzene rings is 2. The van der Waals surface area contributed by atoms with Gasteiger partial charge in [-0.1, -0.05) is 29.3 Å². The van der Waals surface area contributed by atoms with Gasteiger partial charge in [0.1, 0.15) is 0 Å². The van der Waals surface area contributed by atoms with Crippen LogP contribution in [0.3, 0.4) is 0 Å². The maximum Gasteiger partial charge on any atom is 0.255 e. The fraction of sp³-hybridized carbons (Fsp3) is 0.235. The predicted octanol–water partition coefficient (Wildman–Crippen LogP) is 3.21. The summed E-state index contributed by atoms with van der Waals surface area (Å²) in [4.78, 5) is 12.4. The third kappa shape index (κ3) is 4.45. The number of anilines is 1. The lowest BCUT2D eigenvalue weighted by Crippen LogP contribution is -2.23. The van der Waals surface area contributed by atoms with E-state index >= 15 is 0 Å². The highest BCUT2D eigenvalue weighted by Crippen LogP contribution is 2.28. The topological polar surface area (TPSA) is 97.4 Å². The van der Waals surface area contributed by atoms with Crippen LogP contribution in [0, 0.1) is 0 Å². The van der Waals surface area contributed by atoms with Crippen LogP contribution < -0.4 is 5.32 Å². The summed E-state index contributed by atoms with van der Waals surface area (Å²) >= 11 is 11.9. The van der Waals surface area contributed by atoms with E-state index in [1.54, 1.807) is 6.07 Å². The van der Waals surface area contributed by atoms with Crippen LogP contribution in [-0.2, 0) is 19.7 Å². The van der Waals surface area contributed by atoms with Crippen LogP contribution in [-0.4, -0.2) is 39.5 Å². The molecule has 144 valence electrons. The van der Waals surface area contributed by atoms with E-state index in [2.05, 4.69) is 5.32 Å². The fourth-order valence-corrected chi connectivity index (χ4v) is 7.54. The minimum Gasteiger partial charge on any atom is -0.321 e. The molecule has 6 nitrogen and oxygen atoms in total. The lowest BCUT2D eigenvalue weighted by molar-refractivity contribution is 0.102. The fourth-order valence-electron chi connectivity index (χ4n) is 2.80. The van der Waals surface area contributed by atoms with E-state index in [0.717, 1.165) is 0 Å². The number of sulfone groups is 2. The maximum atomic E-state index is 12.7. The molecule has 1 N–H and O–H groups in total. The third-order valence-corrected chi connectivity index (χ3v) is 8.97. The third-order valence-electron chi connectivity index (χ3n) is 4.23. The zero-order chi connectivity index (χ0) is 19.8. The smallest absolute Gasteiger partial charge is 0.255 e. The average molecular weight is 448 g/mol. The number of rotatable bonds is 4. The van der Waals surface area contributed by atoms with Gasteiger partial charge in [-0.2, -0.15) is 0 Å². The molecule has 2 aromatic rings. The van der Waals surface area contributed by atoms with Crippen LogP contribution in [0.15, 0.2) is 47.4 Å². The standard InChI is InChI=1S/C17H15Cl2NO5S2/c18-12-4-5-15(19)16(9-12)20-17(21)11-2-1-3-13(8-11)27(24,25)14-6-7-26(22,23)10-14/h1-5,8-9,14H,6-7,10H2,(H,20,21). The lowest BCUT2D eigenvalue weighted by atomic mass is 10.2. The Morgan fingerprint density at radius 2 is 1.85 bits per heavy atom. The first-order valence-electron chi connectivity index (χ1n) is 7.89. The van der Waals surface area contributed by atoms with Crippen LogP contribution >= 0.6 is 23.2 Å². The zero-order valence-corrected chi connectivity index (χ0v) is 17.0. The van der Waals surface area contributed by atoms with Crippen LogP contribution in [0.2, 0.25) is 10.0 Å². The number of hydrogen-bond acceptors (Lipinski definition) is 5. The predicted molar refractivity (Wildman–Crippen MR) is 105 cm³/mol. The average Bonchev–Trinajstić information content (AvgIpc) is 2.99. The summed E-state index contributed by atoms with van der Waals surface area (Å²) in [7, 11) is -7.21. The highest BCUT2D eigenvalue weighted by Gasteiger charge is 2.38. The Morgan fingerprint density at radius 3 is 2.52 bits per heavy atom. The molecule has 1 atom stereocenters. The maximum absolute atomic E-state index is 12.7. The summed E-state index contributed by atoms with van der Waals surface area (Å²) in [6, 6.07) is 10.1. The second-order valence-corrected chi connectivity index (χ2v) is 11.5. The molecule has 1 aliphatic heterocycles. The molecule has 1 aliphatic rings. The second kappa shape index (κ2) is 7.43. The van der Waals surface area contributed by atoms with Gasteiger partial charge in [-0.25, -0.2) is 16.8 Å². The molecular weight excluding hydrogens is 433 g/mol. The van der Waals surface area contributed by atoms with Crippen molar-refractivity contribution in [3.63, 3.8) is 0 Å². The molecule has 1 heterocycles. The van der Waals surface area contributed by atoms with Gasteiger partial charge in [-0.15, -0.1) is 0 Å². The van der Waals surface area contributed by atoms with Crippen molar-refractivity contribution in [3.05, 3.63) is 58.1 Å². The monoisotopic (exact) mass is 447 g/mol. The van der Waals surface area contributed by atoms with Crippen molar-refractivity contribution < 1.29 is 21.6 Å². The van der Waals surface area contributed by atoms with Crippen molar-refractivity contribution in [2.24, 2.45) is 0 Å². The Labute approximate surface area is 167 Å². The molecule has 1 unspecified atom stereocenters. The Kier molecular flexibility index (Phi) is 5.54. The highest BCUT2D eigenvalue weighted by molar-refractivity contribution is 7.96. The van der Waals surface area contributed by atoms with Crippen molar-refractivity contribution in [2.75, 3.05) is 16.8 Å². The molecule has 2 aromatic carbocycles. The highest BCUT2D eigenvalue weighted by atomic mass is 35.5. The molecule has 0 aromatic heterocycles. The van der Waals surface area contributed by atoms with Gasteiger partial charge in [0.2, 0.25) is 0 Å². The van der Waals surface area contributed by atoms with Gasteiger partial charge in [-0.3, -0.25) is 4.79 Å². The van der Waals surface area contributed by atoms with E-state index in [1.807, 2.05) is 0 Å². The molecule has 0 saturated carbocycles. The van der Waals surface area contributed by atoms with Gasteiger partial charge in [0, 0.05) is 10.6 Å². The number of carbonyl (C=O) groups is 1. The molecule has 0 aliphatic carbocycles. The molecule has 0 spiro atoms. The molecule has 1 fully saturated rings. The van der Waals surface area contributed by atoms with Crippen molar-refractivity contribution in [3.8, 4) is 0 Å². The number of halogens is 2. The largest absolute Gasteiger partial charge is 0.321 e. The summed E-state index contributed by atoms with van der Waals surface area (Å²) in [6.45, 7) is 0. The molecule has 27 heavy (non-hydrogen) atoms. The van der Waals surface area contributed by atoms with E-state index in [4.69, 9.17) is 23.2 Å². The number of hydrogen-bond donors (Lipinski definition) is 1. The molecular formula is C17H15Cl2NO5S2.